The predicted molar refractivity (Wildman–Crippen MR) is 76.2 cm³/mol. The van der Waals surface area contributed by atoms with Crippen molar-refractivity contribution >= 4 is 10.0 Å². The summed E-state index contributed by atoms with van der Waals surface area (Å²) >= 11 is 0. The number of hydrogen-bond donors (Lipinski definition) is 2. The molecule has 0 aromatic rings. The van der Waals surface area contributed by atoms with Crippen LogP contribution in [0.5, 0.6) is 0 Å². The van der Waals surface area contributed by atoms with Crippen LogP contribution in [0.15, 0.2) is 0 Å². The van der Waals surface area contributed by atoms with Gasteiger partial charge < -0.3 is 5.32 Å². The van der Waals surface area contributed by atoms with Gasteiger partial charge >= 0.3 is 0 Å². The summed E-state index contributed by atoms with van der Waals surface area (Å²) in [7, 11) is -3.09. The Hall–Kier alpha value is -0.130. The van der Waals surface area contributed by atoms with Crippen molar-refractivity contribution in [1.29, 1.82) is 0 Å². The minimum absolute atomic E-state index is 0.230. The highest BCUT2D eigenvalue weighted by molar-refractivity contribution is 7.90. The number of sulfonamides is 1. The first-order valence-corrected chi connectivity index (χ1v) is 8.90. The van der Waals surface area contributed by atoms with Gasteiger partial charge in [-0.25, -0.2) is 13.1 Å². The molecule has 0 aliphatic carbocycles. The number of unbranched alkanes of at least 4 members (excludes halogenated alkanes) is 5. The van der Waals surface area contributed by atoms with E-state index in [-0.39, 0.29) is 5.25 Å². The van der Waals surface area contributed by atoms with Crippen LogP contribution in [0, 0.1) is 0 Å². The summed E-state index contributed by atoms with van der Waals surface area (Å²) in [6.45, 7) is 4.35. The van der Waals surface area contributed by atoms with E-state index in [9.17, 15) is 8.42 Å². The average Bonchev–Trinajstić information content (AvgIpc) is 2.39. The molecule has 0 saturated carbocycles. The molecule has 2 N–H and O–H groups in total. The van der Waals surface area contributed by atoms with Crippen molar-refractivity contribution in [1.82, 2.24) is 10.0 Å². The minimum atomic E-state index is -3.09. The maximum Gasteiger partial charge on any atom is 0.215 e. The molecular formula is C13H28N2O2S. The lowest BCUT2D eigenvalue weighted by Gasteiger charge is -2.22. The summed E-state index contributed by atoms with van der Waals surface area (Å²) in [4.78, 5) is 0. The van der Waals surface area contributed by atoms with Crippen LogP contribution < -0.4 is 10.0 Å². The van der Waals surface area contributed by atoms with Gasteiger partial charge in [-0.15, -0.1) is 0 Å². The quantitative estimate of drug-likeness (QED) is 0.633. The van der Waals surface area contributed by atoms with Crippen LogP contribution in [0.4, 0.5) is 0 Å². The fourth-order valence-corrected chi connectivity index (χ4v) is 3.80. The molecule has 0 bridgehead atoms. The van der Waals surface area contributed by atoms with Gasteiger partial charge in [0, 0.05) is 13.1 Å². The Bertz CT molecular complexity index is 298. The van der Waals surface area contributed by atoms with E-state index in [2.05, 4.69) is 17.0 Å². The molecule has 0 aromatic heterocycles. The summed E-state index contributed by atoms with van der Waals surface area (Å²) in [5, 5.41) is 2.92. The average molecular weight is 276 g/mol. The van der Waals surface area contributed by atoms with Crippen molar-refractivity contribution in [3.63, 3.8) is 0 Å². The molecule has 1 atom stereocenters. The normalized spacial score (nSPS) is 21.1. The van der Waals surface area contributed by atoms with E-state index in [1.54, 1.807) is 0 Å². The van der Waals surface area contributed by atoms with Crippen molar-refractivity contribution in [2.24, 2.45) is 0 Å². The minimum Gasteiger partial charge on any atom is -0.315 e. The summed E-state index contributed by atoms with van der Waals surface area (Å²) in [5.74, 6) is 0. The molecule has 1 rings (SSSR count). The van der Waals surface area contributed by atoms with Crippen LogP contribution >= 0.6 is 0 Å². The van der Waals surface area contributed by atoms with Crippen LogP contribution in [0.3, 0.4) is 0 Å². The molecule has 18 heavy (non-hydrogen) atoms. The van der Waals surface area contributed by atoms with E-state index < -0.39 is 10.0 Å². The maximum absolute atomic E-state index is 12.0. The molecule has 0 amide bonds. The van der Waals surface area contributed by atoms with E-state index >= 15 is 0 Å². The van der Waals surface area contributed by atoms with E-state index in [0.717, 1.165) is 32.2 Å². The molecule has 1 heterocycles. The van der Waals surface area contributed by atoms with Crippen molar-refractivity contribution in [3.8, 4) is 0 Å². The topological polar surface area (TPSA) is 58.2 Å². The molecule has 5 heteroatoms. The number of rotatable bonds is 9. The Labute approximate surface area is 112 Å². The first kappa shape index (κ1) is 15.9. The first-order valence-electron chi connectivity index (χ1n) is 7.36. The second-order valence-electron chi connectivity index (χ2n) is 5.18. The van der Waals surface area contributed by atoms with Crippen LogP contribution in [-0.2, 0) is 10.0 Å². The van der Waals surface area contributed by atoms with E-state index in [1.165, 1.54) is 25.7 Å². The lowest BCUT2D eigenvalue weighted by molar-refractivity contribution is 0.488. The van der Waals surface area contributed by atoms with Gasteiger partial charge in [0.15, 0.2) is 0 Å². The zero-order valence-corrected chi connectivity index (χ0v) is 12.4. The van der Waals surface area contributed by atoms with Gasteiger partial charge in [-0.2, -0.15) is 0 Å². The van der Waals surface area contributed by atoms with Gasteiger partial charge in [0.05, 0.1) is 5.25 Å². The van der Waals surface area contributed by atoms with Crippen LogP contribution in [-0.4, -0.2) is 33.3 Å². The fraction of sp³-hybridized carbons (Fsp3) is 1.00. The van der Waals surface area contributed by atoms with E-state index in [1.807, 2.05) is 0 Å². The number of hydrogen-bond acceptors (Lipinski definition) is 3. The number of piperidine rings is 1. The zero-order valence-electron chi connectivity index (χ0n) is 11.6. The third-order valence-electron chi connectivity index (χ3n) is 3.52. The zero-order chi connectivity index (χ0) is 13.3. The highest BCUT2D eigenvalue weighted by Gasteiger charge is 2.26. The number of nitrogens with one attached hydrogen (secondary N) is 2. The molecule has 0 radical (unpaired) electrons. The molecule has 1 aliphatic rings. The predicted octanol–water partition coefficient (Wildman–Crippen LogP) is 2.02. The Morgan fingerprint density at radius 2 is 1.89 bits per heavy atom. The molecule has 1 aliphatic heterocycles. The molecule has 108 valence electrons. The third kappa shape index (κ3) is 6.16. The van der Waals surface area contributed by atoms with Crippen molar-refractivity contribution < 1.29 is 8.42 Å². The van der Waals surface area contributed by atoms with Gasteiger partial charge in [0.25, 0.3) is 0 Å². The van der Waals surface area contributed by atoms with Crippen molar-refractivity contribution in [2.45, 2.75) is 63.5 Å². The van der Waals surface area contributed by atoms with Gasteiger partial charge in [0.1, 0.15) is 0 Å². The van der Waals surface area contributed by atoms with Crippen LogP contribution in [0.1, 0.15) is 58.3 Å². The standard InChI is InChI=1S/C13H28N2O2S/c1-2-3-4-5-6-7-11-15-18(16,17)13-9-8-10-14-12-13/h13-15H,2-12H2,1H3. The summed E-state index contributed by atoms with van der Waals surface area (Å²) in [5.41, 5.74) is 0. The lowest BCUT2D eigenvalue weighted by atomic mass is 10.1. The SMILES string of the molecule is CCCCCCCCNS(=O)(=O)C1CCCNC1. The van der Waals surface area contributed by atoms with Crippen molar-refractivity contribution in [3.05, 3.63) is 0 Å². The lowest BCUT2D eigenvalue weighted by Crippen LogP contribution is -2.44. The fourth-order valence-electron chi connectivity index (χ4n) is 2.32. The van der Waals surface area contributed by atoms with Crippen LogP contribution in [0.2, 0.25) is 0 Å². The molecule has 1 fully saturated rings. The van der Waals surface area contributed by atoms with Gasteiger partial charge in [-0.05, 0) is 25.8 Å². The second kappa shape index (κ2) is 8.88. The third-order valence-corrected chi connectivity index (χ3v) is 5.41. The van der Waals surface area contributed by atoms with E-state index in [4.69, 9.17) is 0 Å². The van der Waals surface area contributed by atoms with Gasteiger partial charge in [0.2, 0.25) is 10.0 Å². The summed E-state index contributed by atoms with van der Waals surface area (Å²) in [6.07, 6.45) is 8.88. The smallest absolute Gasteiger partial charge is 0.215 e. The van der Waals surface area contributed by atoms with Crippen molar-refractivity contribution in [2.75, 3.05) is 19.6 Å². The highest BCUT2D eigenvalue weighted by Crippen LogP contribution is 2.10. The Morgan fingerprint density at radius 1 is 1.17 bits per heavy atom. The second-order valence-corrected chi connectivity index (χ2v) is 7.22. The molecular weight excluding hydrogens is 248 g/mol. The van der Waals surface area contributed by atoms with Crippen LogP contribution in [0.25, 0.3) is 0 Å². The molecule has 4 nitrogen and oxygen atoms in total. The monoisotopic (exact) mass is 276 g/mol. The molecule has 0 spiro atoms. The van der Waals surface area contributed by atoms with E-state index in [0.29, 0.717) is 13.1 Å². The van der Waals surface area contributed by atoms with Gasteiger partial charge in [-0.3, -0.25) is 0 Å². The summed E-state index contributed by atoms with van der Waals surface area (Å²) in [6, 6.07) is 0. The Balaban J connectivity index is 2.09. The molecule has 1 unspecified atom stereocenters. The highest BCUT2D eigenvalue weighted by atomic mass is 32.2. The molecule has 0 aromatic carbocycles. The molecule has 1 saturated heterocycles. The first-order chi connectivity index (χ1) is 8.67. The Morgan fingerprint density at radius 3 is 2.56 bits per heavy atom. The largest absolute Gasteiger partial charge is 0.315 e. The summed E-state index contributed by atoms with van der Waals surface area (Å²) < 4.78 is 26.7. The maximum atomic E-state index is 12.0. The van der Waals surface area contributed by atoms with Gasteiger partial charge in [-0.1, -0.05) is 39.0 Å². The Kier molecular flexibility index (Phi) is 7.86.